The third-order valence-electron chi connectivity index (χ3n) is 4.40. The molecule has 0 spiro atoms. The fraction of sp³-hybridized carbons (Fsp3) is 0.278. The van der Waals surface area contributed by atoms with Crippen molar-refractivity contribution in [3.63, 3.8) is 0 Å². The zero-order chi connectivity index (χ0) is 19.3. The lowest BCUT2D eigenvalue weighted by molar-refractivity contribution is 0.0963. The molecule has 1 unspecified atom stereocenters. The smallest absolute Gasteiger partial charge is 0.238 e. The summed E-state index contributed by atoms with van der Waals surface area (Å²) in [6, 6.07) is 4.95. The topological polar surface area (TPSA) is 99.0 Å². The third-order valence-corrected chi connectivity index (χ3v) is 6.70. The Balaban J connectivity index is 1.91. The molecular formula is C18H14BrClN2O4S. The summed E-state index contributed by atoms with van der Waals surface area (Å²) in [6.45, 7) is 1.73. The third kappa shape index (κ3) is 3.47. The standard InChI is InChI=1S/C18H14BrClN2O4S/c1-8-6-10(22-26-8)7-27(25)18-14(16(23)9-2-3-9)17(24)13-12(20)5-4-11(19)15(13)21-18/h4-6,9H,2-3,7H2,1H3,(H,21,24). The fourth-order valence-corrected chi connectivity index (χ4v) is 4.80. The van der Waals surface area contributed by atoms with Crippen molar-refractivity contribution in [2.45, 2.75) is 30.5 Å². The number of halogens is 2. The summed E-state index contributed by atoms with van der Waals surface area (Å²) in [4.78, 5) is 29.0. The monoisotopic (exact) mass is 468 g/mol. The van der Waals surface area contributed by atoms with Gasteiger partial charge in [0.25, 0.3) is 0 Å². The predicted molar refractivity (Wildman–Crippen MR) is 106 cm³/mol. The molecular weight excluding hydrogens is 456 g/mol. The molecule has 3 aromatic rings. The van der Waals surface area contributed by atoms with Gasteiger partial charge in [-0.2, -0.15) is 0 Å². The Morgan fingerprint density at radius 2 is 2.22 bits per heavy atom. The maximum atomic E-state index is 13.1. The van der Waals surface area contributed by atoms with Gasteiger partial charge in [0.1, 0.15) is 17.0 Å². The van der Waals surface area contributed by atoms with Crippen molar-refractivity contribution in [1.29, 1.82) is 0 Å². The summed E-state index contributed by atoms with van der Waals surface area (Å²) in [5.41, 5.74) is 0.344. The van der Waals surface area contributed by atoms with E-state index in [1.807, 2.05) is 0 Å². The van der Waals surface area contributed by atoms with Gasteiger partial charge in [0.05, 0.1) is 15.9 Å². The van der Waals surface area contributed by atoms with E-state index in [4.69, 9.17) is 16.1 Å². The van der Waals surface area contributed by atoms with Crippen LogP contribution in [0.1, 0.15) is 34.7 Å². The van der Waals surface area contributed by atoms with Gasteiger partial charge in [0.15, 0.2) is 11.5 Å². The van der Waals surface area contributed by atoms with E-state index in [1.165, 1.54) is 0 Å². The van der Waals surface area contributed by atoms with E-state index in [0.717, 1.165) is 12.8 Å². The first-order valence-electron chi connectivity index (χ1n) is 8.25. The van der Waals surface area contributed by atoms with Crippen LogP contribution in [0.15, 0.2) is 37.0 Å². The quantitative estimate of drug-likeness (QED) is 0.447. The summed E-state index contributed by atoms with van der Waals surface area (Å²) >= 11 is 7.92. The second-order valence-electron chi connectivity index (χ2n) is 6.49. The number of hydrogen-bond acceptors (Lipinski definition) is 5. The summed E-state index contributed by atoms with van der Waals surface area (Å²) in [7, 11) is 0. The van der Waals surface area contributed by atoms with E-state index in [0.29, 0.717) is 21.4 Å². The number of pyridine rings is 1. The van der Waals surface area contributed by atoms with E-state index in [9.17, 15) is 14.1 Å². The number of carbonyl (C=O) groups is 1. The molecule has 1 fully saturated rings. The lowest BCUT2D eigenvalue weighted by atomic mass is 10.1. The molecule has 1 aliphatic carbocycles. The van der Waals surface area contributed by atoms with E-state index < -0.39 is 16.6 Å². The Morgan fingerprint density at radius 3 is 2.85 bits per heavy atom. The van der Waals surface area contributed by atoms with E-state index >= 15 is 0 Å². The Morgan fingerprint density at radius 1 is 1.48 bits per heavy atom. The molecule has 0 saturated heterocycles. The molecule has 1 aliphatic rings. The Bertz CT molecular complexity index is 1120. The highest BCUT2D eigenvalue weighted by molar-refractivity contribution is 9.10. The highest BCUT2D eigenvalue weighted by atomic mass is 79.9. The molecule has 1 N–H and O–H groups in total. The lowest BCUT2D eigenvalue weighted by Gasteiger charge is -2.14. The molecule has 27 heavy (non-hydrogen) atoms. The van der Waals surface area contributed by atoms with Crippen LogP contribution in [0.4, 0.5) is 0 Å². The Kier molecular flexibility index (Phi) is 4.92. The summed E-state index contributed by atoms with van der Waals surface area (Å²) in [6.07, 6.45) is 1.47. The number of rotatable bonds is 5. The highest BCUT2D eigenvalue weighted by Gasteiger charge is 2.37. The Labute approximate surface area is 170 Å². The first kappa shape index (κ1) is 18.7. The van der Waals surface area contributed by atoms with Gasteiger partial charge in [-0.1, -0.05) is 16.8 Å². The van der Waals surface area contributed by atoms with Crippen LogP contribution in [0.2, 0.25) is 5.02 Å². The lowest BCUT2D eigenvalue weighted by Crippen LogP contribution is -2.24. The van der Waals surface area contributed by atoms with Crippen molar-refractivity contribution >= 4 is 55.4 Å². The van der Waals surface area contributed by atoms with E-state index in [-0.39, 0.29) is 38.5 Å². The van der Waals surface area contributed by atoms with Crippen LogP contribution in [0.5, 0.6) is 0 Å². The van der Waals surface area contributed by atoms with Gasteiger partial charge in [0.2, 0.25) is 10.5 Å². The number of benzene rings is 1. The minimum Gasteiger partial charge on any atom is -0.610 e. The zero-order valence-corrected chi connectivity index (χ0v) is 17.3. The normalized spacial score (nSPS) is 15.3. The number of ketones is 1. The molecule has 0 bridgehead atoms. The van der Waals surface area contributed by atoms with Crippen molar-refractivity contribution in [3.05, 3.63) is 54.9 Å². The average Bonchev–Trinajstić information content (AvgIpc) is 3.40. The van der Waals surface area contributed by atoms with E-state index in [1.54, 1.807) is 25.1 Å². The van der Waals surface area contributed by atoms with Crippen LogP contribution in [0.25, 0.3) is 10.9 Å². The van der Waals surface area contributed by atoms with Gasteiger partial charge in [-0.15, -0.1) is 0 Å². The van der Waals surface area contributed by atoms with Gasteiger partial charge in [0, 0.05) is 27.6 Å². The van der Waals surface area contributed by atoms with Crippen molar-refractivity contribution < 1.29 is 13.9 Å². The highest BCUT2D eigenvalue weighted by Crippen LogP contribution is 2.35. The molecule has 0 radical (unpaired) electrons. The van der Waals surface area contributed by atoms with Gasteiger partial charge >= 0.3 is 0 Å². The number of carbonyl (C=O) groups excluding carboxylic acids is 1. The molecule has 1 aromatic carbocycles. The van der Waals surface area contributed by atoms with Crippen molar-refractivity contribution in [2.75, 3.05) is 0 Å². The number of hydrogen-bond donors (Lipinski definition) is 1. The van der Waals surface area contributed by atoms with Crippen molar-refractivity contribution in [2.24, 2.45) is 5.92 Å². The van der Waals surface area contributed by atoms with Crippen LogP contribution in [-0.4, -0.2) is 20.5 Å². The van der Waals surface area contributed by atoms with Gasteiger partial charge in [-0.05, 0) is 47.8 Å². The summed E-state index contributed by atoms with van der Waals surface area (Å²) in [5.74, 6) is 0.147. The molecule has 9 heteroatoms. The van der Waals surface area contributed by atoms with Crippen LogP contribution in [0.3, 0.4) is 0 Å². The molecule has 0 amide bonds. The van der Waals surface area contributed by atoms with E-state index in [2.05, 4.69) is 26.1 Å². The number of nitrogens with one attached hydrogen (secondary N) is 1. The van der Waals surface area contributed by atoms with Gasteiger partial charge in [-0.25, -0.2) is 0 Å². The Hall–Kier alpha value is -1.61. The largest absolute Gasteiger partial charge is 0.610 e. The summed E-state index contributed by atoms with van der Waals surface area (Å²) in [5, 5.41) is 4.40. The van der Waals surface area contributed by atoms with Crippen LogP contribution < -0.4 is 5.43 Å². The number of aryl methyl sites for hydroxylation is 1. The molecule has 1 saturated carbocycles. The average molecular weight is 470 g/mol. The first-order chi connectivity index (χ1) is 12.9. The number of Topliss-reactive ketones (excluding diaryl/α,β-unsaturated/α-hetero) is 1. The van der Waals surface area contributed by atoms with Crippen molar-refractivity contribution in [3.8, 4) is 0 Å². The number of fused-ring (bicyclic) bond motifs is 1. The summed E-state index contributed by atoms with van der Waals surface area (Å²) < 4.78 is 18.6. The van der Waals surface area contributed by atoms with Crippen molar-refractivity contribution in [1.82, 2.24) is 10.1 Å². The molecule has 2 heterocycles. The number of nitrogens with zero attached hydrogens (tertiary/aromatic N) is 1. The van der Waals surface area contributed by atoms with Gasteiger partial charge < -0.3 is 14.1 Å². The molecule has 4 rings (SSSR count). The van der Waals surface area contributed by atoms with Crippen LogP contribution in [-0.2, 0) is 16.9 Å². The minimum absolute atomic E-state index is 0.0297. The van der Waals surface area contributed by atoms with Crippen LogP contribution >= 0.6 is 27.5 Å². The SMILES string of the molecule is Cc1cc(C[S+]([O-])c2[nH]c3c(Br)ccc(Cl)c3c(=O)c2C(=O)C2CC2)no1. The molecule has 140 valence electrons. The minimum atomic E-state index is -1.69. The molecule has 6 nitrogen and oxygen atoms in total. The number of aromatic nitrogens is 2. The maximum absolute atomic E-state index is 13.1. The first-order valence-corrected chi connectivity index (χ1v) is 10.7. The van der Waals surface area contributed by atoms with Gasteiger partial charge in [-0.3, -0.25) is 9.59 Å². The molecule has 2 aromatic heterocycles. The van der Waals surface area contributed by atoms with Crippen LogP contribution in [0, 0.1) is 12.8 Å². The number of aromatic amines is 1. The second-order valence-corrected chi connectivity index (χ2v) is 9.14. The second kappa shape index (κ2) is 7.09. The molecule has 0 aliphatic heterocycles. The fourth-order valence-electron chi connectivity index (χ4n) is 2.94. The number of H-pyrrole nitrogens is 1. The predicted octanol–water partition coefficient (Wildman–Crippen LogP) is 4.14. The zero-order valence-electron chi connectivity index (χ0n) is 14.2. The maximum Gasteiger partial charge on any atom is 0.238 e. The molecule has 1 atom stereocenters.